The molecule has 0 bridgehead atoms. The Morgan fingerprint density at radius 2 is 1.16 bits per heavy atom. The molecule has 0 amide bonds. The van der Waals surface area contributed by atoms with Crippen molar-refractivity contribution in [3.8, 4) is 0 Å². The normalized spacial score (nSPS) is 12.9. The highest BCUT2D eigenvalue weighted by Gasteiger charge is 2.46. The third-order valence-corrected chi connectivity index (χ3v) is 6.60. The maximum absolute atomic E-state index is 11.4. The van der Waals surface area contributed by atoms with Gasteiger partial charge >= 0.3 is 11.0 Å². The first-order valence-electron chi connectivity index (χ1n) is 9.36. The average molecular weight is 501 g/mol. The average Bonchev–Trinajstić information content (AvgIpc) is 2.60. The minimum Gasteiger partial charge on any atom is -0.421 e. The predicted molar refractivity (Wildman–Crippen MR) is 103 cm³/mol. The third kappa shape index (κ3) is 11.7. The van der Waals surface area contributed by atoms with E-state index >= 15 is 0 Å². The van der Waals surface area contributed by atoms with Gasteiger partial charge in [0.2, 0.25) is 0 Å². The Kier molecular flexibility index (Phi) is 12.0. The van der Waals surface area contributed by atoms with E-state index in [1.807, 2.05) is 0 Å². The van der Waals surface area contributed by atoms with Gasteiger partial charge in [-0.1, -0.05) is 39.0 Å². The van der Waals surface area contributed by atoms with Gasteiger partial charge in [-0.25, -0.2) is 21.4 Å². The van der Waals surface area contributed by atoms with Crippen molar-refractivity contribution in [1.29, 1.82) is 0 Å². The van der Waals surface area contributed by atoms with E-state index in [0.29, 0.717) is 0 Å². The summed E-state index contributed by atoms with van der Waals surface area (Å²) in [5.41, 5.74) is -11.1. The summed E-state index contributed by atoms with van der Waals surface area (Å²) in [7, 11) is -13.4. The Bertz CT molecular complexity index is 810. The van der Waals surface area contributed by atoms with E-state index in [9.17, 15) is 43.2 Å². The lowest BCUT2D eigenvalue weighted by Crippen LogP contribution is -2.32. The smallest absolute Gasteiger partial charge is 0.421 e. The summed E-state index contributed by atoms with van der Waals surface area (Å²) in [5, 5.41) is 0. The number of aryl methyl sites for hydroxylation is 2. The molecule has 1 rings (SSSR count). The van der Waals surface area contributed by atoms with Gasteiger partial charge in [0, 0.05) is 18.6 Å². The van der Waals surface area contributed by atoms with Crippen LogP contribution in [0.3, 0.4) is 0 Å². The molecule has 1 heterocycles. The van der Waals surface area contributed by atoms with Crippen molar-refractivity contribution in [2.45, 2.75) is 76.4 Å². The highest BCUT2D eigenvalue weighted by Crippen LogP contribution is 2.36. The van der Waals surface area contributed by atoms with Crippen molar-refractivity contribution in [2.24, 2.45) is 0 Å². The van der Waals surface area contributed by atoms with Crippen molar-refractivity contribution in [1.82, 2.24) is 0 Å². The van der Waals surface area contributed by atoms with Crippen LogP contribution in [0.1, 0.15) is 57.4 Å². The molecule has 6 nitrogen and oxygen atoms in total. The van der Waals surface area contributed by atoms with E-state index in [4.69, 9.17) is 0 Å². The number of hydrogen-bond acceptors (Lipinski definition) is 4. The van der Waals surface area contributed by atoms with Crippen molar-refractivity contribution >= 4 is 20.0 Å². The van der Waals surface area contributed by atoms with E-state index in [1.165, 1.54) is 57.1 Å². The lowest BCUT2D eigenvalue weighted by molar-refractivity contribution is -0.697. The maximum atomic E-state index is 11.4. The van der Waals surface area contributed by atoms with Crippen LogP contribution in [0.2, 0.25) is 0 Å². The highest BCUT2D eigenvalue weighted by molar-refractivity contribution is 8.13. The van der Waals surface area contributed by atoms with Crippen LogP contribution >= 0.6 is 0 Å². The monoisotopic (exact) mass is 500 g/mol. The number of nitrogens with zero attached hydrogens (tertiary/aromatic N) is 2. The Balaban J connectivity index is 0.000000582. The van der Waals surface area contributed by atoms with Gasteiger partial charge in [-0.15, -0.1) is 0 Å². The van der Waals surface area contributed by atoms with Crippen LogP contribution in [-0.2, 0) is 26.6 Å². The quantitative estimate of drug-likeness (QED) is 0.254. The molecule has 31 heavy (non-hydrogen) atoms. The van der Waals surface area contributed by atoms with E-state index in [1.54, 1.807) is 0 Å². The summed E-state index contributed by atoms with van der Waals surface area (Å²) in [6.45, 7) is 5.58. The zero-order valence-corrected chi connectivity index (χ0v) is 18.7. The summed E-state index contributed by atoms with van der Waals surface area (Å²) in [5.74, 6) is 0. The first-order chi connectivity index (χ1) is 14.0. The van der Waals surface area contributed by atoms with Crippen LogP contribution in [0.5, 0.6) is 0 Å². The molecule has 0 radical (unpaired) electrons. The molecule has 182 valence electrons. The van der Waals surface area contributed by atoms with Crippen LogP contribution < -0.4 is 4.57 Å². The molecule has 1 aromatic heterocycles. The van der Waals surface area contributed by atoms with Crippen molar-refractivity contribution in [2.75, 3.05) is 0 Å². The number of unbranched alkanes of at least 4 members (excludes halogenated alkanes) is 6. The van der Waals surface area contributed by atoms with Gasteiger partial charge in [0.15, 0.2) is 32.4 Å². The molecule has 0 N–H and O–H groups in total. The van der Waals surface area contributed by atoms with E-state index in [-0.39, 0.29) is 0 Å². The lowest BCUT2D eigenvalue weighted by Gasteiger charge is -2.22. The summed E-state index contributed by atoms with van der Waals surface area (Å²) in [6, 6.07) is 4.36. The number of pyridine rings is 1. The second-order valence-electron chi connectivity index (χ2n) is 6.65. The second kappa shape index (κ2) is 12.6. The Morgan fingerprint density at radius 1 is 0.774 bits per heavy atom. The highest BCUT2D eigenvalue weighted by atomic mass is 32.3. The molecular formula is C17H26F6N2O4S2. The fourth-order valence-electron chi connectivity index (χ4n) is 2.15. The molecule has 0 fully saturated rings. The molecule has 0 saturated carbocycles. The predicted octanol–water partition coefficient (Wildman–Crippen LogP) is 5.09. The van der Waals surface area contributed by atoms with Crippen LogP contribution in [0, 0.1) is 6.92 Å². The lowest BCUT2D eigenvalue weighted by atomic mass is 10.1. The number of halogens is 6. The van der Waals surface area contributed by atoms with Crippen molar-refractivity contribution in [3.05, 3.63) is 34.2 Å². The summed E-state index contributed by atoms with van der Waals surface area (Å²) in [6.07, 6.45) is 14.1. The first kappa shape index (κ1) is 29.6. The van der Waals surface area contributed by atoms with Gasteiger partial charge < -0.3 is 4.13 Å². The van der Waals surface area contributed by atoms with Crippen LogP contribution in [0.4, 0.5) is 26.3 Å². The molecule has 1 aromatic rings. The minimum atomic E-state index is -6.72. The Hall–Kier alpha value is -1.41. The molecule has 0 unspecified atom stereocenters. The van der Waals surface area contributed by atoms with Gasteiger partial charge in [0.1, 0.15) is 6.54 Å². The molecule has 0 aromatic carbocycles. The summed E-state index contributed by atoms with van der Waals surface area (Å²) in [4.78, 5) is 0. The van der Waals surface area contributed by atoms with Gasteiger partial charge in [0.25, 0.3) is 0 Å². The van der Waals surface area contributed by atoms with Crippen molar-refractivity contribution < 1.29 is 47.7 Å². The van der Waals surface area contributed by atoms with E-state index in [2.05, 4.69) is 42.9 Å². The van der Waals surface area contributed by atoms with Gasteiger partial charge in [-0.05, 0) is 18.9 Å². The summed E-state index contributed by atoms with van der Waals surface area (Å²) < 4.78 is 111. The molecule has 0 aliphatic carbocycles. The molecule has 0 saturated heterocycles. The Morgan fingerprint density at radius 3 is 1.55 bits per heavy atom. The van der Waals surface area contributed by atoms with Gasteiger partial charge in [-0.3, -0.25) is 0 Å². The third-order valence-electron chi connectivity index (χ3n) is 3.86. The van der Waals surface area contributed by atoms with Crippen molar-refractivity contribution in [3.63, 3.8) is 0 Å². The number of alkyl halides is 6. The second-order valence-corrected chi connectivity index (χ2v) is 10.1. The van der Waals surface area contributed by atoms with E-state index < -0.39 is 31.1 Å². The van der Waals surface area contributed by atoms with Gasteiger partial charge in [0.05, 0.1) is 0 Å². The molecule has 0 aliphatic heterocycles. The van der Waals surface area contributed by atoms with Crippen LogP contribution in [0.15, 0.2) is 24.5 Å². The number of hydrogen-bond donors (Lipinski definition) is 0. The zero-order valence-electron chi connectivity index (χ0n) is 17.1. The maximum Gasteiger partial charge on any atom is 0.480 e. The van der Waals surface area contributed by atoms with Crippen LogP contribution in [-0.4, -0.2) is 27.9 Å². The standard InChI is InChI=1S/C15H26N.C2F6NO4S2/c1-3-4-5-6-7-8-9-12-16-13-10-15(2)11-14-16;3-1(4,5)14(10,11)9-15(12,13)2(6,7)8/h10-11,13-14H,3-9,12H2,1-2H3;/q+1;-1. The minimum absolute atomic E-state index is 0.778. The van der Waals surface area contributed by atoms with E-state index in [0.717, 1.165) is 4.13 Å². The topological polar surface area (TPSA) is 86.3 Å². The Labute approximate surface area is 178 Å². The fraction of sp³-hybridized carbons (Fsp3) is 0.706. The number of sulfonamides is 2. The zero-order chi connectivity index (χ0) is 24.3. The summed E-state index contributed by atoms with van der Waals surface area (Å²) >= 11 is 0. The molecule has 14 heteroatoms. The molecular weight excluding hydrogens is 474 g/mol. The largest absolute Gasteiger partial charge is 0.480 e. The van der Waals surface area contributed by atoms with Gasteiger partial charge in [-0.2, -0.15) is 26.3 Å². The number of aromatic nitrogens is 1. The number of rotatable bonds is 10. The molecule has 0 atom stereocenters. The van der Waals surface area contributed by atoms with Crippen LogP contribution in [0.25, 0.3) is 4.13 Å². The SMILES string of the molecule is CCCCCCCCC[n+]1ccc(C)cc1.O=S(=O)([N-]S(=O)(=O)C(F)(F)F)C(F)(F)F. The first-order valence-corrected chi connectivity index (χ1v) is 12.2. The molecule has 0 aliphatic rings. The fourth-order valence-corrected chi connectivity index (χ4v) is 3.86. The molecule has 0 spiro atoms.